The van der Waals surface area contributed by atoms with E-state index in [9.17, 15) is 13.2 Å². The van der Waals surface area contributed by atoms with Gasteiger partial charge in [0.1, 0.15) is 0 Å². The van der Waals surface area contributed by atoms with Crippen molar-refractivity contribution < 1.29 is 13.2 Å². The third kappa shape index (κ3) is 5.58. The Labute approximate surface area is 224 Å². The summed E-state index contributed by atoms with van der Waals surface area (Å²) in [5.41, 5.74) is 4.18. The zero-order chi connectivity index (χ0) is 26.5. The number of para-hydroxylation sites is 1. The number of nitrogens with zero attached hydrogens (tertiary/aromatic N) is 2. The molecule has 194 valence electrons. The molecule has 1 heterocycles. The molecule has 0 aromatic heterocycles. The van der Waals surface area contributed by atoms with E-state index in [1.54, 1.807) is 48.5 Å². The Morgan fingerprint density at radius 2 is 1.45 bits per heavy atom. The van der Waals surface area contributed by atoms with Gasteiger partial charge < -0.3 is 10.2 Å². The zero-order valence-electron chi connectivity index (χ0n) is 21.4. The molecule has 0 atom stereocenters. The lowest BCUT2D eigenvalue weighted by molar-refractivity contribution is 0.102. The summed E-state index contributed by atoms with van der Waals surface area (Å²) < 4.78 is 29.2. The Balaban J connectivity index is 1.48. The highest BCUT2D eigenvalue weighted by atomic mass is 32.2. The summed E-state index contributed by atoms with van der Waals surface area (Å²) in [7, 11) is -3.97. The molecular weight excluding hydrogens is 494 g/mol. The molecule has 4 aromatic carbocycles. The molecule has 7 heteroatoms. The zero-order valence-corrected chi connectivity index (χ0v) is 22.2. The minimum absolute atomic E-state index is 0.0892. The van der Waals surface area contributed by atoms with Crippen molar-refractivity contribution in [3.05, 3.63) is 120 Å². The molecule has 4 aromatic rings. The van der Waals surface area contributed by atoms with Gasteiger partial charge in [0.25, 0.3) is 15.9 Å². The summed E-state index contributed by atoms with van der Waals surface area (Å²) in [5.74, 6) is -0.369. The smallest absolute Gasteiger partial charge is 0.264 e. The Bertz CT molecular complexity index is 1500. The van der Waals surface area contributed by atoms with Gasteiger partial charge in [0.05, 0.1) is 22.7 Å². The first-order valence-corrected chi connectivity index (χ1v) is 14.2. The first-order valence-electron chi connectivity index (χ1n) is 12.8. The van der Waals surface area contributed by atoms with Crippen molar-refractivity contribution in [2.75, 3.05) is 27.6 Å². The predicted octanol–water partition coefficient (Wildman–Crippen LogP) is 6.24. The molecule has 1 amide bonds. The van der Waals surface area contributed by atoms with Crippen LogP contribution in [0.3, 0.4) is 0 Å². The molecule has 0 aliphatic carbocycles. The van der Waals surface area contributed by atoms with E-state index < -0.39 is 10.0 Å². The van der Waals surface area contributed by atoms with Crippen molar-refractivity contribution in [3.8, 4) is 0 Å². The summed E-state index contributed by atoms with van der Waals surface area (Å²) in [5, 5.41) is 2.95. The van der Waals surface area contributed by atoms with Crippen LogP contribution in [0, 0.1) is 6.92 Å². The first-order chi connectivity index (χ1) is 18.4. The van der Waals surface area contributed by atoms with Gasteiger partial charge in [-0.05, 0) is 73.9 Å². The van der Waals surface area contributed by atoms with Crippen LogP contribution < -0.4 is 14.5 Å². The lowest BCUT2D eigenvalue weighted by Crippen LogP contribution is -2.32. The van der Waals surface area contributed by atoms with E-state index in [1.165, 1.54) is 17.1 Å². The van der Waals surface area contributed by atoms with Gasteiger partial charge in [0, 0.05) is 24.5 Å². The van der Waals surface area contributed by atoms with Crippen molar-refractivity contribution in [2.45, 2.75) is 31.2 Å². The molecule has 1 fully saturated rings. The predicted molar refractivity (Wildman–Crippen MR) is 153 cm³/mol. The third-order valence-electron chi connectivity index (χ3n) is 6.79. The quantitative estimate of drug-likeness (QED) is 0.296. The molecular formula is C31H31N3O3S. The summed E-state index contributed by atoms with van der Waals surface area (Å²) in [6, 6.07) is 30.8. The standard InChI is InChI=1S/C31H31N3O3S/c1-24-13-19-28(20-14-24)38(36,37)34(23-25-9-3-2-4-10-25)30-12-6-5-11-29(30)31(35)32-26-15-17-27(18-16-26)33-21-7-8-22-33/h2-6,9-20H,7-8,21-23H2,1H3,(H,32,35). The highest BCUT2D eigenvalue weighted by Crippen LogP contribution is 2.30. The van der Waals surface area contributed by atoms with Gasteiger partial charge in [-0.25, -0.2) is 8.42 Å². The van der Waals surface area contributed by atoms with E-state index >= 15 is 0 Å². The van der Waals surface area contributed by atoms with E-state index in [0.29, 0.717) is 11.4 Å². The number of carbonyl (C=O) groups excluding carboxylic acids is 1. The normalized spacial score (nSPS) is 13.3. The Morgan fingerprint density at radius 3 is 2.13 bits per heavy atom. The van der Waals surface area contributed by atoms with Crippen LogP contribution in [0.15, 0.2) is 108 Å². The van der Waals surface area contributed by atoms with Gasteiger partial charge in [0.15, 0.2) is 0 Å². The third-order valence-corrected chi connectivity index (χ3v) is 8.57. The SMILES string of the molecule is Cc1ccc(S(=O)(=O)N(Cc2ccccc2)c2ccccc2C(=O)Nc2ccc(N3CCCC3)cc2)cc1. The lowest BCUT2D eigenvalue weighted by Gasteiger charge is -2.27. The van der Waals surface area contributed by atoms with E-state index in [4.69, 9.17) is 0 Å². The van der Waals surface area contributed by atoms with E-state index in [1.807, 2.05) is 61.5 Å². The van der Waals surface area contributed by atoms with Crippen LogP contribution in [0.4, 0.5) is 17.1 Å². The maximum Gasteiger partial charge on any atom is 0.264 e. The number of sulfonamides is 1. The lowest BCUT2D eigenvalue weighted by atomic mass is 10.1. The highest BCUT2D eigenvalue weighted by molar-refractivity contribution is 7.92. The van der Waals surface area contributed by atoms with Gasteiger partial charge in [0.2, 0.25) is 0 Å². The van der Waals surface area contributed by atoms with Crippen LogP contribution in [0.2, 0.25) is 0 Å². The van der Waals surface area contributed by atoms with Crippen LogP contribution in [0.1, 0.15) is 34.3 Å². The number of carbonyl (C=O) groups is 1. The van der Waals surface area contributed by atoms with Crippen LogP contribution in [-0.2, 0) is 16.6 Å². The molecule has 1 saturated heterocycles. The van der Waals surface area contributed by atoms with Gasteiger partial charge in [-0.2, -0.15) is 0 Å². The maximum absolute atomic E-state index is 13.9. The second-order valence-electron chi connectivity index (χ2n) is 9.52. The molecule has 1 aliphatic heterocycles. The maximum atomic E-state index is 13.9. The van der Waals surface area contributed by atoms with Crippen molar-refractivity contribution in [2.24, 2.45) is 0 Å². The fourth-order valence-corrected chi connectivity index (χ4v) is 6.17. The molecule has 38 heavy (non-hydrogen) atoms. The Morgan fingerprint density at radius 1 is 0.816 bits per heavy atom. The van der Waals surface area contributed by atoms with Crippen molar-refractivity contribution >= 4 is 33.0 Å². The second-order valence-corrected chi connectivity index (χ2v) is 11.4. The molecule has 6 nitrogen and oxygen atoms in total. The molecule has 0 spiro atoms. The van der Waals surface area contributed by atoms with Gasteiger partial charge in [-0.3, -0.25) is 9.10 Å². The monoisotopic (exact) mass is 525 g/mol. The fourth-order valence-electron chi connectivity index (χ4n) is 4.70. The summed E-state index contributed by atoms with van der Waals surface area (Å²) in [6.07, 6.45) is 2.39. The molecule has 5 rings (SSSR count). The average Bonchev–Trinajstić information content (AvgIpc) is 3.48. The average molecular weight is 526 g/mol. The summed E-state index contributed by atoms with van der Waals surface area (Å²) >= 11 is 0. The number of rotatable bonds is 8. The van der Waals surface area contributed by atoms with Gasteiger partial charge in [-0.15, -0.1) is 0 Å². The molecule has 0 bridgehead atoms. The number of amides is 1. The fraction of sp³-hybridized carbons (Fsp3) is 0.194. The van der Waals surface area contributed by atoms with Crippen LogP contribution in [0.5, 0.6) is 0 Å². The van der Waals surface area contributed by atoms with Crippen molar-refractivity contribution in [1.82, 2.24) is 0 Å². The Kier molecular flexibility index (Phi) is 7.47. The molecule has 1 aliphatic rings. The van der Waals surface area contributed by atoms with Crippen LogP contribution in [-0.4, -0.2) is 27.4 Å². The first kappa shape index (κ1) is 25.5. The van der Waals surface area contributed by atoms with Gasteiger partial charge >= 0.3 is 0 Å². The summed E-state index contributed by atoms with van der Waals surface area (Å²) in [4.78, 5) is 16.0. The molecule has 0 unspecified atom stereocenters. The minimum Gasteiger partial charge on any atom is -0.372 e. The summed E-state index contributed by atoms with van der Waals surface area (Å²) in [6.45, 7) is 4.10. The van der Waals surface area contributed by atoms with E-state index in [-0.39, 0.29) is 22.9 Å². The molecule has 1 N–H and O–H groups in total. The topological polar surface area (TPSA) is 69.7 Å². The minimum atomic E-state index is -3.97. The van der Waals surface area contributed by atoms with E-state index in [2.05, 4.69) is 10.2 Å². The number of anilines is 3. The van der Waals surface area contributed by atoms with Crippen molar-refractivity contribution in [1.29, 1.82) is 0 Å². The number of aryl methyl sites for hydroxylation is 1. The number of nitrogens with one attached hydrogen (secondary N) is 1. The molecule has 0 radical (unpaired) electrons. The second kappa shape index (κ2) is 11.1. The molecule has 0 saturated carbocycles. The number of hydrogen-bond donors (Lipinski definition) is 1. The van der Waals surface area contributed by atoms with Crippen molar-refractivity contribution in [3.63, 3.8) is 0 Å². The largest absolute Gasteiger partial charge is 0.372 e. The van der Waals surface area contributed by atoms with E-state index in [0.717, 1.165) is 29.9 Å². The van der Waals surface area contributed by atoms with Crippen LogP contribution in [0.25, 0.3) is 0 Å². The highest BCUT2D eigenvalue weighted by Gasteiger charge is 2.28. The van der Waals surface area contributed by atoms with Gasteiger partial charge in [-0.1, -0.05) is 60.2 Å². The number of hydrogen-bond acceptors (Lipinski definition) is 4. The Hall–Kier alpha value is -4.10. The van der Waals surface area contributed by atoms with Crippen LogP contribution >= 0.6 is 0 Å². The number of benzene rings is 4.